The maximum absolute atomic E-state index is 10.8. The molecule has 0 unspecified atom stereocenters. The number of aromatic nitrogens is 4. The molecule has 0 amide bonds. The van der Waals surface area contributed by atoms with E-state index in [1.165, 1.54) is 13.3 Å². The Morgan fingerprint density at radius 2 is 2.22 bits per heavy atom. The molecule has 1 aliphatic rings. The summed E-state index contributed by atoms with van der Waals surface area (Å²) in [5.74, 6) is 5.94. The first kappa shape index (κ1) is 17.7. The fourth-order valence-electron chi connectivity index (χ4n) is 3.63. The summed E-state index contributed by atoms with van der Waals surface area (Å²) in [6.45, 7) is 6.77. The highest BCUT2D eigenvalue weighted by molar-refractivity contribution is 6.06. The number of aromatic amines is 1. The highest BCUT2D eigenvalue weighted by Gasteiger charge is 2.53. The smallest absolute Gasteiger partial charge is 0.167 e. The maximum Gasteiger partial charge on any atom is 0.167 e. The number of nitrogens with zero attached hydrogens (tertiary/aromatic N) is 3. The third-order valence-electron chi connectivity index (χ3n) is 4.94. The average molecular weight is 368 g/mol. The zero-order valence-corrected chi connectivity index (χ0v) is 15.0. The Labute approximate surface area is 154 Å². The van der Waals surface area contributed by atoms with Crippen molar-refractivity contribution in [3.05, 3.63) is 29.5 Å². The number of aliphatic hydroxyl groups excluding tert-OH is 2. The van der Waals surface area contributed by atoms with Crippen molar-refractivity contribution in [3.8, 4) is 11.8 Å². The molecule has 1 saturated heterocycles. The van der Waals surface area contributed by atoms with Crippen molar-refractivity contribution in [2.24, 2.45) is 0 Å². The number of aliphatic hydroxyl groups is 3. The van der Waals surface area contributed by atoms with Crippen LogP contribution in [0.1, 0.15) is 25.6 Å². The highest BCUT2D eigenvalue weighted by Crippen LogP contribution is 2.41. The molecule has 3 aromatic heterocycles. The summed E-state index contributed by atoms with van der Waals surface area (Å²) < 4.78 is 7.41. The van der Waals surface area contributed by atoms with E-state index in [1.54, 1.807) is 17.7 Å². The minimum atomic E-state index is -1.62. The van der Waals surface area contributed by atoms with E-state index in [2.05, 4.69) is 33.4 Å². The Morgan fingerprint density at radius 3 is 2.89 bits per heavy atom. The molecule has 0 aromatic carbocycles. The average Bonchev–Trinajstić information content (AvgIpc) is 3.06. The van der Waals surface area contributed by atoms with Gasteiger partial charge in [-0.2, -0.15) is 0 Å². The monoisotopic (exact) mass is 368 g/mol. The number of rotatable bonds is 2. The lowest BCUT2D eigenvalue weighted by Crippen LogP contribution is -2.44. The van der Waals surface area contributed by atoms with Crippen LogP contribution in [-0.4, -0.2) is 59.3 Å². The molecule has 1 fully saturated rings. The largest absolute Gasteiger partial charge is 0.394 e. The van der Waals surface area contributed by atoms with E-state index < -0.39 is 30.6 Å². The zero-order chi connectivity index (χ0) is 19.3. The van der Waals surface area contributed by atoms with Gasteiger partial charge in [0.1, 0.15) is 35.4 Å². The Bertz CT molecular complexity index is 1150. The molecule has 0 spiro atoms. The minimum Gasteiger partial charge on any atom is -0.394 e. The lowest BCUT2D eigenvalue weighted by Gasteiger charge is -2.27. The van der Waals surface area contributed by atoms with Crippen molar-refractivity contribution in [2.45, 2.75) is 37.9 Å². The van der Waals surface area contributed by atoms with Gasteiger partial charge in [-0.15, -0.1) is 5.92 Å². The molecule has 3 aromatic rings. The molecule has 4 atom stereocenters. The van der Waals surface area contributed by atoms with Gasteiger partial charge in [0.05, 0.1) is 12.0 Å². The first-order valence-corrected chi connectivity index (χ1v) is 8.51. The van der Waals surface area contributed by atoms with E-state index in [-0.39, 0.29) is 0 Å². The number of ether oxygens (including phenoxy) is 1. The van der Waals surface area contributed by atoms with Gasteiger partial charge in [0.25, 0.3) is 0 Å². The van der Waals surface area contributed by atoms with Gasteiger partial charge in [-0.1, -0.05) is 12.5 Å². The van der Waals surface area contributed by atoms with Crippen molar-refractivity contribution in [1.82, 2.24) is 19.5 Å². The molecule has 8 heteroatoms. The normalized spacial score (nSPS) is 27.8. The van der Waals surface area contributed by atoms with Crippen molar-refractivity contribution in [3.63, 3.8) is 0 Å². The van der Waals surface area contributed by atoms with Crippen LogP contribution >= 0.6 is 0 Å². The second-order valence-corrected chi connectivity index (χ2v) is 6.83. The zero-order valence-electron chi connectivity index (χ0n) is 15.0. The van der Waals surface area contributed by atoms with E-state index in [1.807, 2.05) is 6.07 Å². The van der Waals surface area contributed by atoms with Crippen molar-refractivity contribution in [2.75, 3.05) is 6.61 Å². The fraction of sp³-hybridized carbons (Fsp3) is 0.368. The Kier molecular flexibility index (Phi) is 4.05. The fourth-order valence-corrected chi connectivity index (χ4v) is 3.63. The third-order valence-corrected chi connectivity index (χ3v) is 4.94. The lowest BCUT2D eigenvalue weighted by atomic mass is 9.96. The topological polar surface area (TPSA) is 116 Å². The van der Waals surface area contributed by atoms with Crippen LogP contribution in [0.3, 0.4) is 0 Å². The number of nitrogens with one attached hydrogen (secondary N) is 1. The molecule has 140 valence electrons. The van der Waals surface area contributed by atoms with Crippen LogP contribution in [0.2, 0.25) is 0 Å². The Balaban J connectivity index is 2.06. The van der Waals surface area contributed by atoms with E-state index in [0.717, 1.165) is 10.9 Å². The van der Waals surface area contributed by atoms with Gasteiger partial charge < -0.3 is 29.6 Å². The SMILES string of the molecule is C=c1cc(C#CC)c2cn([C@@H]3O[C@H](CO)[C@@H](O)[C@@]3(C)O)c3ncnc([nH]1)c23. The van der Waals surface area contributed by atoms with Crippen molar-refractivity contribution in [1.29, 1.82) is 0 Å². The summed E-state index contributed by atoms with van der Waals surface area (Å²) in [5.41, 5.74) is 0.185. The number of hydrogen-bond donors (Lipinski definition) is 4. The van der Waals surface area contributed by atoms with Gasteiger partial charge in [0.15, 0.2) is 6.23 Å². The van der Waals surface area contributed by atoms with E-state index in [0.29, 0.717) is 22.0 Å². The quantitative estimate of drug-likeness (QED) is 0.472. The first-order valence-electron chi connectivity index (χ1n) is 8.51. The van der Waals surface area contributed by atoms with Crippen LogP contribution < -0.4 is 5.35 Å². The Hall–Kier alpha value is -2.70. The van der Waals surface area contributed by atoms with Crippen LogP contribution in [0, 0.1) is 11.8 Å². The van der Waals surface area contributed by atoms with Crippen LogP contribution in [0.4, 0.5) is 0 Å². The predicted octanol–water partition coefficient (Wildman–Crippen LogP) is -0.0230. The third kappa shape index (κ3) is 2.56. The number of H-pyrrole nitrogens is 1. The van der Waals surface area contributed by atoms with E-state index >= 15 is 0 Å². The molecule has 0 aliphatic carbocycles. The van der Waals surface area contributed by atoms with Gasteiger partial charge in [-0.3, -0.25) is 0 Å². The number of hydrogen-bond acceptors (Lipinski definition) is 6. The van der Waals surface area contributed by atoms with Gasteiger partial charge in [0, 0.05) is 22.5 Å². The summed E-state index contributed by atoms with van der Waals surface area (Å²) >= 11 is 0. The predicted molar refractivity (Wildman–Crippen MR) is 99.1 cm³/mol. The highest BCUT2D eigenvalue weighted by atomic mass is 16.6. The van der Waals surface area contributed by atoms with Gasteiger partial charge in [-0.05, 0) is 19.9 Å². The Morgan fingerprint density at radius 1 is 1.44 bits per heavy atom. The molecule has 0 radical (unpaired) electrons. The second-order valence-electron chi connectivity index (χ2n) is 6.83. The molecule has 4 N–H and O–H groups in total. The molecule has 1 aliphatic heterocycles. The lowest BCUT2D eigenvalue weighted by molar-refractivity contribution is -0.0947. The van der Waals surface area contributed by atoms with Gasteiger partial charge in [-0.25, -0.2) is 9.97 Å². The standard InChI is InChI=1S/C19H20N4O4/c1-4-5-11-6-10(2)22-16-14-12(11)7-23(17(14)21-9-20-16)18-19(3,26)15(25)13(8-24)27-18/h6-7,9,13,15,18,24-26H,2,8H2,1,3H3,(H,20,21,22)/t13-,15-,18-,19-/m1/s1. The van der Waals surface area contributed by atoms with Crippen molar-refractivity contribution < 1.29 is 20.1 Å². The minimum absolute atomic E-state index is 0.409. The van der Waals surface area contributed by atoms with E-state index in [9.17, 15) is 15.3 Å². The molecule has 8 nitrogen and oxygen atoms in total. The summed E-state index contributed by atoms with van der Waals surface area (Å²) in [6.07, 6.45) is 0.0834. The van der Waals surface area contributed by atoms with E-state index in [4.69, 9.17) is 4.74 Å². The van der Waals surface area contributed by atoms with Crippen LogP contribution in [0.15, 0.2) is 18.6 Å². The van der Waals surface area contributed by atoms with Gasteiger partial charge in [0.2, 0.25) is 0 Å². The molecule has 27 heavy (non-hydrogen) atoms. The molecule has 0 saturated carbocycles. The molecule has 0 bridgehead atoms. The molecule has 4 rings (SSSR count). The summed E-state index contributed by atoms with van der Waals surface area (Å²) in [7, 11) is 0. The van der Waals surface area contributed by atoms with Crippen LogP contribution in [0.5, 0.6) is 0 Å². The van der Waals surface area contributed by atoms with Gasteiger partial charge >= 0.3 is 0 Å². The first-order chi connectivity index (χ1) is 12.9. The molecular formula is C19H20N4O4. The maximum atomic E-state index is 10.8. The summed E-state index contributed by atoms with van der Waals surface area (Å²) in [4.78, 5) is 11.8. The van der Waals surface area contributed by atoms with Crippen LogP contribution in [0.25, 0.3) is 28.6 Å². The van der Waals surface area contributed by atoms with Crippen molar-refractivity contribution >= 4 is 28.6 Å². The summed E-state index contributed by atoms with van der Waals surface area (Å²) in [5, 5.41) is 32.8. The molecular weight excluding hydrogens is 348 g/mol. The molecule has 4 heterocycles. The summed E-state index contributed by atoms with van der Waals surface area (Å²) in [6, 6.07) is 1.82. The van der Waals surface area contributed by atoms with Crippen LogP contribution in [-0.2, 0) is 4.74 Å². The second kappa shape index (κ2) is 6.18.